The van der Waals surface area contributed by atoms with E-state index in [9.17, 15) is 9.59 Å². The highest BCUT2D eigenvalue weighted by Gasteiger charge is 2.51. The molecule has 0 bridgehead atoms. The third-order valence-electron chi connectivity index (χ3n) is 2.77. The lowest BCUT2D eigenvalue weighted by Gasteiger charge is -2.30. The Kier molecular flexibility index (Phi) is 4.60. The zero-order valence-electron chi connectivity index (χ0n) is 10.4. The molecule has 0 N–H and O–H groups in total. The lowest BCUT2D eigenvalue weighted by Crippen LogP contribution is -2.49. The summed E-state index contributed by atoms with van der Waals surface area (Å²) in [5.74, 6) is -0.910. The van der Waals surface area contributed by atoms with Crippen LogP contribution in [0.15, 0.2) is 10.2 Å². The van der Waals surface area contributed by atoms with Gasteiger partial charge in [-0.25, -0.2) is 4.79 Å². The number of ether oxygens (including phenoxy) is 2. The molecule has 0 saturated heterocycles. The number of carbonyl (C=O) groups excluding carboxylic acids is 2. The molecule has 0 spiro atoms. The van der Waals surface area contributed by atoms with Crippen LogP contribution in [-0.2, 0) is 19.1 Å². The first-order valence-electron chi connectivity index (χ1n) is 5.71. The number of azo groups is 1. The highest BCUT2D eigenvalue weighted by atomic mass is 16.6. The Hall–Kier alpha value is -1.46. The zero-order chi connectivity index (χ0) is 12.9. The van der Waals surface area contributed by atoms with Gasteiger partial charge in [0.25, 0.3) is 0 Å². The van der Waals surface area contributed by atoms with E-state index in [-0.39, 0.29) is 0 Å². The van der Waals surface area contributed by atoms with E-state index in [0.717, 1.165) is 6.42 Å². The summed E-state index contributed by atoms with van der Waals surface area (Å²) in [6.45, 7) is 3.73. The van der Waals surface area contributed by atoms with E-state index in [1.807, 2.05) is 6.92 Å². The Balaban J connectivity index is 2.96. The summed E-state index contributed by atoms with van der Waals surface area (Å²) in [4.78, 5) is 23.0. The second-order valence-electron chi connectivity index (χ2n) is 4.02. The number of methoxy groups -OCH3 is 1. The summed E-state index contributed by atoms with van der Waals surface area (Å²) < 4.78 is 9.97. The van der Waals surface area contributed by atoms with Crippen molar-refractivity contribution in [3.63, 3.8) is 0 Å². The first-order valence-corrected chi connectivity index (χ1v) is 5.71. The van der Waals surface area contributed by atoms with Gasteiger partial charge in [0.2, 0.25) is 5.54 Å². The molecule has 6 nitrogen and oxygen atoms in total. The molecule has 0 aromatic carbocycles. The normalized spacial score (nSPS) is 24.4. The van der Waals surface area contributed by atoms with Crippen LogP contribution in [0, 0.1) is 0 Å². The van der Waals surface area contributed by atoms with Crippen LogP contribution < -0.4 is 0 Å². The van der Waals surface area contributed by atoms with Gasteiger partial charge in [0, 0.05) is 13.3 Å². The monoisotopic (exact) mass is 242 g/mol. The zero-order valence-corrected chi connectivity index (χ0v) is 10.4. The minimum atomic E-state index is -1.14. The van der Waals surface area contributed by atoms with Gasteiger partial charge in [-0.15, -0.1) is 0 Å². The molecule has 0 radical (unpaired) electrons. The van der Waals surface area contributed by atoms with Crippen molar-refractivity contribution in [2.75, 3.05) is 13.7 Å². The Bertz CT molecular complexity index is 329. The second-order valence-corrected chi connectivity index (χ2v) is 4.02. The van der Waals surface area contributed by atoms with E-state index in [4.69, 9.17) is 9.47 Å². The van der Waals surface area contributed by atoms with Crippen LogP contribution in [0.4, 0.5) is 0 Å². The van der Waals surface area contributed by atoms with Gasteiger partial charge in [-0.05, 0) is 6.42 Å². The number of nitrogens with zero attached hydrogens (tertiary/aromatic N) is 2. The van der Waals surface area contributed by atoms with Gasteiger partial charge in [-0.3, -0.25) is 4.79 Å². The number of hydrogen-bond donors (Lipinski definition) is 0. The summed E-state index contributed by atoms with van der Waals surface area (Å²) in [5, 5.41) is 7.83. The quantitative estimate of drug-likeness (QED) is 0.684. The third kappa shape index (κ3) is 2.81. The molecule has 1 rings (SSSR count). The highest BCUT2D eigenvalue weighted by molar-refractivity contribution is 5.82. The Labute approximate surface area is 100 Å². The molecule has 1 aliphatic heterocycles. The van der Waals surface area contributed by atoms with Gasteiger partial charge < -0.3 is 9.47 Å². The first-order chi connectivity index (χ1) is 8.06. The first kappa shape index (κ1) is 13.6. The van der Waals surface area contributed by atoms with Crippen molar-refractivity contribution in [1.29, 1.82) is 0 Å². The predicted octanol–water partition coefficient (Wildman–Crippen LogP) is 1.49. The van der Waals surface area contributed by atoms with Crippen molar-refractivity contribution in [1.82, 2.24) is 0 Å². The number of hydrogen-bond acceptors (Lipinski definition) is 6. The second kappa shape index (κ2) is 5.75. The van der Waals surface area contributed by atoms with Gasteiger partial charge >= 0.3 is 11.9 Å². The van der Waals surface area contributed by atoms with E-state index in [2.05, 4.69) is 10.2 Å². The molecular weight excluding hydrogens is 224 g/mol. The molecule has 0 unspecified atom stereocenters. The molecule has 0 saturated carbocycles. The number of carbonyl (C=O) groups is 2. The fourth-order valence-electron chi connectivity index (χ4n) is 1.98. The van der Waals surface area contributed by atoms with Crippen LogP contribution >= 0.6 is 0 Å². The molecule has 0 aromatic heterocycles. The average Bonchev–Trinajstić information content (AvgIpc) is 2.77. The summed E-state index contributed by atoms with van der Waals surface area (Å²) in [6, 6.07) is 0. The van der Waals surface area contributed by atoms with E-state index >= 15 is 0 Å². The van der Waals surface area contributed by atoms with Crippen LogP contribution in [0.2, 0.25) is 0 Å². The van der Waals surface area contributed by atoms with Gasteiger partial charge in [0.05, 0.1) is 13.7 Å². The van der Waals surface area contributed by atoms with Crippen LogP contribution in [0.3, 0.4) is 0 Å². The Morgan fingerprint density at radius 3 is 2.59 bits per heavy atom. The standard InChI is InChI=1S/C11H18N2O4/c1-4-5-9(17-8(2)14)11(10(15)16-3)6-7-12-13-11/h9H,4-7H2,1-3H3/t9-,11-/m1/s1. The smallest absolute Gasteiger partial charge is 0.339 e. The lowest BCUT2D eigenvalue weighted by molar-refractivity contribution is -0.161. The van der Waals surface area contributed by atoms with Gasteiger partial charge in [0.15, 0.2) is 0 Å². The van der Waals surface area contributed by atoms with Crippen molar-refractivity contribution in [2.45, 2.75) is 44.8 Å². The van der Waals surface area contributed by atoms with Crippen LogP contribution in [-0.4, -0.2) is 37.2 Å². The third-order valence-corrected chi connectivity index (χ3v) is 2.77. The fourth-order valence-corrected chi connectivity index (χ4v) is 1.98. The fraction of sp³-hybridized carbons (Fsp3) is 0.818. The van der Waals surface area contributed by atoms with Gasteiger partial charge in [-0.2, -0.15) is 10.2 Å². The topological polar surface area (TPSA) is 77.3 Å². The largest absolute Gasteiger partial charge is 0.467 e. The molecule has 2 atom stereocenters. The maximum absolute atomic E-state index is 11.9. The van der Waals surface area contributed by atoms with E-state index in [1.165, 1.54) is 14.0 Å². The number of rotatable bonds is 5. The van der Waals surface area contributed by atoms with Gasteiger partial charge in [0.1, 0.15) is 6.10 Å². The minimum Gasteiger partial charge on any atom is -0.467 e. The minimum absolute atomic E-state index is 0.422. The maximum atomic E-state index is 11.9. The number of esters is 2. The van der Waals surface area contributed by atoms with Gasteiger partial charge in [-0.1, -0.05) is 13.3 Å². The highest BCUT2D eigenvalue weighted by Crippen LogP contribution is 2.32. The average molecular weight is 242 g/mol. The van der Waals surface area contributed by atoms with Crippen molar-refractivity contribution in [3.05, 3.63) is 0 Å². The molecule has 96 valence electrons. The Morgan fingerprint density at radius 1 is 1.47 bits per heavy atom. The molecular formula is C11H18N2O4. The summed E-state index contributed by atoms with van der Waals surface area (Å²) in [5.41, 5.74) is -1.14. The molecule has 0 fully saturated rings. The lowest BCUT2D eigenvalue weighted by atomic mass is 9.87. The molecule has 0 aromatic rings. The predicted molar refractivity (Wildman–Crippen MR) is 59.5 cm³/mol. The molecule has 0 amide bonds. The summed E-state index contributed by atoms with van der Waals surface area (Å²) in [6.07, 6.45) is 1.18. The van der Waals surface area contributed by atoms with Crippen LogP contribution in [0.5, 0.6) is 0 Å². The van der Waals surface area contributed by atoms with E-state index < -0.39 is 23.6 Å². The molecule has 0 aliphatic carbocycles. The van der Waals surface area contributed by atoms with Crippen molar-refractivity contribution < 1.29 is 19.1 Å². The van der Waals surface area contributed by atoms with Crippen molar-refractivity contribution in [2.24, 2.45) is 10.2 Å². The van der Waals surface area contributed by atoms with E-state index in [1.54, 1.807) is 0 Å². The van der Waals surface area contributed by atoms with Crippen LogP contribution in [0.25, 0.3) is 0 Å². The van der Waals surface area contributed by atoms with Crippen LogP contribution in [0.1, 0.15) is 33.1 Å². The van der Waals surface area contributed by atoms with Crippen molar-refractivity contribution in [3.8, 4) is 0 Å². The summed E-state index contributed by atoms with van der Waals surface area (Å²) >= 11 is 0. The molecule has 6 heteroatoms. The van der Waals surface area contributed by atoms with Crippen molar-refractivity contribution >= 4 is 11.9 Å². The summed E-state index contributed by atoms with van der Waals surface area (Å²) in [7, 11) is 1.30. The molecule has 1 aliphatic rings. The molecule has 1 heterocycles. The SMILES string of the molecule is CCC[C@@H](OC(C)=O)[C@@]1(C(=O)OC)CCN=N1. The maximum Gasteiger partial charge on any atom is 0.339 e. The van der Waals surface area contributed by atoms with E-state index in [0.29, 0.717) is 19.4 Å². The molecule has 17 heavy (non-hydrogen) atoms. The Morgan fingerprint density at radius 2 is 2.18 bits per heavy atom.